The van der Waals surface area contributed by atoms with Gasteiger partial charge in [0, 0.05) is 29.0 Å². The molecule has 1 N–H and O–H groups in total. The van der Waals surface area contributed by atoms with Gasteiger partial charge in [0.15, 0.2) is 5.75 Å². The van der Waals surface area contributed by atoms with Crippen LogP contribution in [-0.4, -0.2) is 49.8 Å². The first-order valence-electron chi connectivity index (χ1n) is 12.2. The van der Waals surface area contributed by atoms with E-state index in [4.69, 9.17) is 14.5 Å². The van der Waals surface area contributed by atoms with Crippen molar-refractivity contribution in [2.75, 3.05) is 39.2 Å². The standard InChI is InChI=1S/C28H39N3O2S/c1-6-31(7-2)17-11-12-21(3)29-25-18-26(32-4)27-24(28(25)33-5)16-15-23(30-27)20-34-19-22-13-9-8-10-14-22/h8-10,13-16,18,21,29H,6-7,11-12,17,19-20H2,1-5H3. The number of thioether (sulfide) groups is 1. The van der Waals surface area contributed by atoms with E-state index in [1.54, 1.807) is 14.2 Å². The van der Waals surface area contributed by atoms with Gasteiger partial charge >= 0.3 is 0 Å². The highest BCUT2D eigenvalue weighted by Crippen LogP contribution is 2.40. The first-order chi connectivity index (χ1) is 16.6. The van der Waals surface area contributed by atoms with Crippen LogP contribution in [0.3, 0.4) is 0 Å². The monoisotopic (exact) mass is 481 g/mol. The lowest BCUT2D eigenvalue weighted by atomic mass is 10.1. The molecule has 1 aromatic heterocycles. The molecule has 0 aliphatic heterocycles. The normalized spacial score (nSPS) is 12.2. The molecular formula is C28H39N3O2S. The number of nitrogens with one attached hydrogen (secondary N) is 1. The SMILES string of the molecule is CCN(CC)CCCC(C)Nc1cc(OC)c2nc(CSCc3ccccc3)ccc2c1OC. The first kappa shape index (κ1) is 26.2. The second-order valence-corrected chi connectivity index (χ2v) is 9.54. The van der Waals surface area contributed by atoms with Crippen LogP contribution in [0.5, 0.6) is 11.5 Å². The molecule has 6 heteroatoms. The van der Waals surface area contributed by atoms with Crippen LogP contribution in [0.4, 0.5) is 5.69 Å². The molecule has 34 heavy (non-hydrogen) atoms. The molecule has 1 heterocycles. The molecule has 0 fully saturated rings. The van der Waals surface area contributed by atoms with Crippen LogP contribution in [0.25, 0.3) is 10.9 Å². The number of fused-ring (bicyclic) bond motifs is 1. The molecule has 0 radical (unpaired) electrons. The molecule has 0 aliphatic carbocycles. The van der Waals surface area contributed by atoms with Gasteiger partial charge in [-0.15, -0.1) is 0 Å². The number of benzene rings is 2. The van der Waals surface area contributed by atoms with Gasteiger partial charge in [-0.05, 0) is 57.1 Å². The summed E-state index contributed by atoms with van der Waals surface area (Å²) in [7, 11) is 3.43. The molecule has 0 saturated heterocycles. The highest BCUT2D eigenvalue weighted by molar-refractivity contribution is 7.97. The summed E-state index contributed by atoms with van der Waals surface area (Å²) >= 11 is 1.87. The van der Waals surface area contributed by atoms with Crippen molar-refractivity contribution in [1.29, 1.82) is 0 Å². The molecule has 0 spiro atoms. The largest absolute Gasteiger partial charge is 0.494 e. The van der Waals surface area contributed by atoms with Crippen molar-refractivity contribution in [2.45, 2.75) is 51.2 Å². The van der Waals surface area contributed by atoms with E-state index in [-0.39, 0.29) is 0 Å². The highest BCUT2D eigenvalue weighted by Gasteiger charge is 2.17. The number of hydrogen-bond donors (Lipinski definition) is 1. The fourth-order valence-corrected chi connectivity index (χ4v) is 5.09. The van der Waals surface area contributed by atoms with Crippen LogP contribution in [-0.2, 0) is 11.5 Å². The zero-order valence-corrected chi connectivity index (χ0v) is 22.1. The van der Waals surface area contributed by atoms with E-state index in [2.05, 4.69) is 73.5 Å². The van der Waals surface area contributed by atoms with Crippen LogP contribution in [0, 0.1) is 0 Å². The van der Waals surface area contributed by atoms with E-state index in [1.165, 1.54) is 5.56 Å². The van der Waals surface area contributed by atoms with Crippen LogP contribution < -0.4 is 14.8 Å². The van der Waals surface area contributed by atoms with Crippen LogP contribution in [0.1, 0.15) is 44.9 Å². The number of ether oxygens (including phenoxy) is 2. The third-order valence-corrected chi connectivity index (χ3v) is 7.18. The molecule has 2 aromatic carbocycles. The summed E-state index contributed by atoms with van der Waals surface area (Å²) < 4.78 is 11.6. The first-order valence-corrected chi connectivity index (χ1v) is 13.4. The Balaban J connectivity index is 1.72. The van der Waals surface area contributed by atoms with Gasteiger partial charge < -0.3 is 19.7 Å². The van der Waals surface area contributed by atoms with Crippen molar-refractivity contribution in [3.8, 4) is 11.5 Å². The van der Waals surface area contributed by atoms with Gasteiger partial charge in [-0.3, -0.25) is 0 Å². The lowest BCUT2D eigenvalue weighted by Crippen LogP contribution is -2.25. The Morgan fingerprint density at radius 2 is 1.76 bits per heavy atom. The zero-order valence-electron chi connectivity index (χ0n) is 21.3. The summed E-state index contributed by atoms with van der Waals surface area (Å²) in [6.07, 6.45) is 2.25. The maximum atomic E-state index is 5.84. The molecular weight excluding hydrogens is 442 g/mol. The van der Waals surface area contributed by atoms with Gasteiger partial charge in [-0.2, -0.15) is 11.8 Å². The van der Waals surface area contributed by atoms with Gasteiger partial charge in [-0.25, -0.2) is 4.98 Å². The number of nitrogens with zero attached hydrogens (tertiary/aromatic N) is 2. The Labute approximate surface area is 209 Å². The molecule has 0 saturated carbocycles. The Hall–Kier alpha value is -2.44. The Morgan fingerprint density at radius 3 is 2.44 bits per heavy atom. The number of rotatable bonds is 14. The fourth-order valence-electron chi connectivity index (χ4n) is 4.19. The lowest BCUT2D eigenvalue weighted by Gasteiger charge is -2.22. The molecule has 0 amide bonds. The van der Waals surface area contributed by atoms with Gasteiger partial charge in [0.25, 0.3) is 0 Å². The van der Waals surface area contributed by atoms with E-state index in [0.29, 0.717) is 6.04 Å². The molecule has 0 aliphatic rings. The number of anilines is 1. The third kappa shape index (κ3) is 7.03. The molecule has 5 nitrogen and oxygen atoms in total. The third-order valence-electron chi connectivity index (χ3n) is 6.14. The van der Waals surface area contributed by atoms with Crippen molar-refractivity contribution in [1.82, 2.24) is 9.88 Å². The number of aromatic nitrogens is 1. The summed E-state index contributed by atoms with van der Waals surface area (Å²) in [6.45, 7) is 10.0. The molecule has 184 valence electrons. The molecule has 1 unspecified atom stereocenters. The predicted octanol–water partition coefficient (Wildman–Crippen LogP) is 6.61. The van der Waals surface area contributed by atoms with Crippen molar-refractivity contribution in [3.05, 3.63) is 59.8 Å². The molecule has 3 rings (SSSR count). The Kier molecular flexibility index (Phi) is 10.4. The Morgan fingerprint density at radius 1 is 1.00 bits per heavy atom. The van der Waals surface area contributed by atoms with Crippen LogP contribution in [0.15, 0.2) is 48.5 Å². The molecule has 3 aromatic rings. The molecule has 0 bridgehead atoms. The van der Waals surface area contributed by atoms with E-state index in [0.717, 1.165) is 77.8 Å². The quantitative estimate of drug-likeness (QED) is 0.280. The maximum absolute atomic E-state index is 5.84. The van der Waals surface area contributed by atoms with Crippen LogP contribution >= 0.6 is 11.8 Å². The zero-order chi connectivity index (χ0) is 24.3. The number of methoxy groups -OCH3 is 2. The number of pyridine rings is 1. The van der Waals surface area contributed by atoms with Gasteiger partial charge in [0.05, 0.1) is 25.6 Å². The summed E-state index contributed by atoms with van der Waals surface area (Å²) in [5.41, 5.74) is 4.17. The van der Waals surface area contributed by atoms with Crippen molar-refractivity contribution in [3.63, 3.8) is 0 Å². The average molecular weight is 482 g/mol. The van der Waals surface area contributed by atoms with Crippen molar-refractivity contribution in [2.24, 2.45) is 0 Å². The van der Waals surface area contributed by atoms with E-state index >= 15 is 0 Å². The minimum Gasteiger partial charge on any atom is -0.494 e. The summed E-state index contributed by atoms with van der Waals surface area (Å²) in [5.74, 6) is 3.40. The summed E-state index contributed by atoms with van der Waals surface area (Å²) in [5, 5.41) is 4.62. The predicted molar refractivity (Wildman–Crippen MR) is 146 cm³/mol. The minimum atomic E-state index is 0.327. The summed E-state index contributed by atoms with van der Waals surface area (Å²) in [6, 6.07) is 17.1. The Bertz CT molecular complexity index is 1030. The van der Waals surface area contributed by atoms with E-state index < -0.39 is 0 Å². The second kappa shape index (κ2) is 13.4. The van der Waals surface area contributed by atoms with Crippen molar-refractivity contribution >= 4 is 28.4 Å². The number of hydrogen-bond acceptors (Lipinski definition) is 6. The van der Waals surface area contributed by atoms with Gasteiger partial charge in [0.2, 0.25) is 0 Å². The topological polar surface area (TPSA) is 46.6 Å². The lowest BCUT2D eigenvalue weighted by molar-refractivity contribution is 0.295. The second-order valence-electron chi connectivity index (χ2n) is 8.55. The fraction of sp³-hybridized carbons (Fsp3) is 0.464. The summed E-state index contributed by atoms with van der Waals surface area (Å²) in [4.78, 5) is 7.40. The highest BCUT2D eigenvalue weighted by atomic mass is 32.2. The van der Waals surface area contributed by atoms with Gasteiger partial charge in [-0.1, -0.05) is 44.2 Å². The van der Waals surface area contributed by atoms with Crippen molar-refractivity contribution < 1.29 is 9.47 Å². The van der Waals surface area contributed by atoms with E-state index in [9.17, 15) is 0 Å². The molecule has 1 atom stereocenters. The van der Waals surface area contributed by atoms with Crippen LogP contribution in [0.2, 0.25) is 0 Å². The maximum Gasteiger partial charge on any atom is 0.151 e. The minimum absolute atomic E-state index is 0.327. The van der Waals surface area contributed by atoms with Gasteiger partial charge in [0.1, 0.15) is 11.3 Å². The van der Waals surface area contributed by atoms with E-state index in [1.807, 2.05) is 17.8 Å². The average Bonchev–Trinajstić information content (AvgIpc) is 2.86. The smallest absolute Gasteiger partial charge is 0.151 e.